The molecule has 8 heteroatoms. The van der Waals surface area contributed by atoms with Crippen molar-refractivity contribution in [2.24, 2.45) is 0 Å². The van der Waals surface area contributed by atoms with Gasteiger partial charge in [-0.3, -0.25) is 9.36 Å². The molecular formula is C11H12ClN3O3S. The van der Waals surface area contributed by atoms with Crippen molar-refractivity contribution in [2.75, 3.05) is 5.75 Å². The van der Waals surface area contributed by atoms with E-state index in [2.05, 4.69) is 10.2 Å². The highest BCUT2D eigenvalue weighted by Gasteiger charge is 2.19. The summed E-state index contributed by atoms with van der Waals surface area (Å²) in [4.78, 5) is 10.6. The van der Waals surface area contributed by atoms with Gasteiger partial charge in [0.2, 0.25) is 5.82 Å². The van der Waals surface area contributed by atoms with Crippen molar-refractivity contribution in [3.05, 3.63) is 17.4 Å². The Morgan fingerprint density at radius 3 is 2.79 bits per heavy atom. The van der Waals surface area contributed by atoms with Gasteiger partial charge < -0.3 is 9.52 Å². The molecule has 0 atom stereocenters. The molecule has 0 aliphatic carbocycles. The summed E-state index contributed by atoms with van der Waals surface area (Å²) in [6, 6.07) is 3.40. The van der Waals surface area contributed by atoms with Gasteiger partial charge in [-0.1, -0.05) is 11.8 Å². The largest absolute Gasteiger partial charge is 0.481 e. The molecule has 2 rings (SSSR count). The standard InChI is InChI=1S/C11H12ClN3O3S/c1-6(2)15-10(7-3-4-8(12)18-7)13-14-11(15)19-5-9(16)17/h3-4,6H,5H2,1-2H3,(H,16,17). The summed E-state index contributed by atoms with van der Waals surface area (Å²) in [7, 11) is 0. The minimum atomic E-state index is -0.897. The maximum Gasteiger partial charge on any atom is 0.313 e. The molecule has 2 heterocycles. The second-order valence-electron chi connectivity index (χ2n) is 4.06. The van der Waals surface area contributed by atoms with E-state index in [4.69, 9.17) is 21.1 Å². The van der Waals surface area contributed by atoms with Crippen LogP contribution in [0.5, 0.6) is 0 Å². The molecule has 0 fully saturated rings. The lowest BCUT2D eigenvalue weighted by molar-refractivity contribution is -0.133. The highest BCUT2D eigenvalue weighted by Crippen LogP contribution is 2.29. The number of hydrogen-bond donors (Lipinski definition) is 1. The maximum atomic E-state index is 10.6. The van der Waals surface area contributed by atoms with Gasteiger partial charge in [0.25, 0.3) is 0 Å². The number of nitrogens with zero attached hydrogens (tertiary/aromatic N) is 3. The lowest BCUT2D eigenvalue weighted by atomic mass is 10.3. The molecule has 0 aromatic carbocycles. The van der Waals surface area contributed by atoms with E-state index in [0.717, 1.165) is 11.8 Å². The zero-order valence-corrected chi connectivity index (χ0v) is 11.9. The van der Waals surface area contributed by atoms with Crippen LogP contribution in [0.25, 0.3) is 11.6 Å². The molecule has 6 nitrogen and oxygen atoms in total. The Balaban J connectivity index is 2.37. The molecule has 19 heavy (non-hydrogen) atoms. The first-order chi connectivity index (χ1) is 8.99. The van der Waals surface area contributed by atoms with Gasteiger partial charge in [0.05, 0.1) is 5.75 Å². The molecular weight excluding hydrogens is 290 g/mol. The number of halogens is 1. The predicted octanol–water partition coefficient (Wildman–Crippen LogP) is 2.95. The number of carbonyl (C=O) groups is 1. The van der Waals surface area contributed by atoms with Gasteiger partial charge in [-0.05, 0) is 37.6 Å². The lowest BCUT2D eigenvalue weighted by Crippen LogP contribution is -2.06. The van der Waals surface area contributed by atoms with Crippen LogP contribution in [-0.4, -0.2) is 31.6 Å². The van der Waals surface area contributed by atoms with Crippen molar-refractivity contribution in [3.8, 4) is 11.6 Å². The number of aromatic nitrogens is 3. The van der Waals surface area contributed by atoms with Gasteiger partial charge in [-0.25, -0.2) is 0 Å². The zero-order valence-electron chi connectivity index (χ0n) is 10.3. The van der Waals surface area contributed by atoms with E-state index in [1.807, 2.05) is 18.4 Å². The van der Waals surface area contributed by atoms with Gasteiger partial charge in [0, 0.05) is 6.04 Å². The number of furan rings is 1. The summed E-state index contributed by atoms with van der Waals surface area (Å²) in [5.41, 5.74) is 0. The fraction of sp³-hybridized carbons (Fsp3) is 0.364. The van der Waals surface area contributed by atoms with Crippen molar-refractivity contribution in [1.29, 1.82) is 0 Å². The first kappa shape index (κ1) is 14.0. The SMILES string of the molecule is CC(C)n1c(SCC(=O)O)nnc1-c1ccc(Cl)o1. The van der Waals surface area contributed by atoms with Crippen LogP contribution < -0.4 is 0 Å². The van der Waals surface area contributed by atoms with Gasteiger partial charge in [0.1, 0.15) is 0 Å². The lowest BCUT2D eigenvalue weighted by Gasteiger charge is -2.11. The van der Waals surface area contributed by atoms with Gasteiger partial charge in [-0.15, -0.1) is 10.2 Å². The monoisotopic (exact) mass is 301 g/mol. The number of aliphatic carboxylic acids is 1. The number of carboxylic acids is 1. The predicted molar refractivity (Wildman–Crippen MR) is 71.5 cm³/mol. The van der Waals surface area contributed by atoms with Crippen LogP contribution in [-0.2, 0) is 4.79 Å². The molecule has 2 aromatic heterocycles. The van der Waals surface area contributed by atoms with E-state index in [1.54, 1.807) is 12.1 Å². The van der Waals surface area contributed by atoms with Crippen LogP contribution in [0.15, 0.2) is 21.7 Å². The van der Waals surface area contributed by atoms with E-state index < -0.39 is 5.97 Å². The van der Waals surface area contributed by atoms with Crippen molar-refractivity contribution in [2.45, 2.75) is 25.0 Å². The summed E-state index contributed by atoms with van der Waals surface area (Å²) in [6.45, 7) is 3.92. The molecule has 0 saturated carbocycles. The fourth-order valence-electron chi connectivity index (χ4n) is 1.57. The van der Waals surface area contributed by atoms with E-state index in [9.17, 15) is 4.79 Å². The molecule has 102 valence electrons. The van der Waals surface area contributed by atoms with Crippen LogP contribution in [0, 0.1) is 0 Å². The van der Waals surface area contributed by atoms with Crippen LogP contribution >= 0.6 is 23.4 Å². The molecule has 0 aliphatic heterocycles. The van der Waals surface area contributed by atoms with Crippen LogP contribution in [0.4, 0.5) is 0 Å². The van der Waals surface area contributed by atoms with E-state index in [0.29, 0.717) is 16.7 Å². The van der Waals surface area contributed by atoms with Crippen molar-refractivity contribution in [3.63, 3.8) is 0 Å². The Kier molecular flexibility index (Phi) is 4.16. The number of hydrogen-bond acceptors (Lipinski definition) is 5. The highest BCUT2D eigenvalue weighted by molar-refractivity contribution is 7.99. The van der Waals surface area contributed by atoms with Gasteiger partial charge in [0.15, 0.2) is 16.1 Å². The average Bonchev–Trinajstić information content (AvgIpc) is 2.91. The molecule has 0 unspecified atom stereocenters. The topological polar surface area (TPSA) is 81.2 Å². The third-order valence-corrected chi connectivity index (χ3v) is 3.43. The van der Waals surface area contributed by atoms with E-state index >= 15 is 0 Å². The molecule has 0 saturated heterocycles. The Bertz CT molecular complexity index is 594. The summed E-state index contributed by atoms with van der Waals surface area (Å²) >= 11 is 6.87. The quantitative estimate of drug-likeness (QED) is 0.855. The Morgan fingerprint density at radius 2 is 2.26 bits per heavy atom. The average molecular weight is 302 g/mol. The van der Waals surface area contributed by atoms with Crippen molar-refractivity contribution >= 4 is 29.3 Å². The second-order valence-corrected chi connectivity index (χ2v) is 5.37. The molecule has 0 spiro atoms. The summed E-state index contributed by atoms with van der Waals surface area (Å²) in [6.07, 6.45) is 0. The summed E-state index contributed by atoms with van der Waals surface area (Å²) < 4.78 is 7.14. The first-order valence-electron chi connectivity index (χ1n) is 5.54. The summed E-state index contributed by atoms with van der Waals surface area (Å²) in [5, 5.41) is 17.6. The Hall–Kier alpha value is -1.47. The minimum Gasteiger partial charge on any atom is -0.481 e. The molecule has 2 aromatic rings. The zero-order chi connectivity index (χ0) is 14.0. The Morgan fingerprint density at radius 1 is 1.53 bits per heavy atom. The van der Waals surface area contributed by atoms with Gasteiger partial charge in [-0.2, -0.15) is 0 Å². The maximum absolute atomic E-state index is 10.6. The number of rotatable bonds is 5. The molecule has 0 bridgehead atoms. The van der Waals surface area contributed by atoms with Crippen molar-refractivity contribution in [1.82, 2.24) is 14.8 Å². The number of thioether (sulfide) groups is 1. The smallest absolute Gasteiger partial charge is 0.313 e. The molecule has 0 aliphatic rings. The highest BCUT2D eigenvalue weighted by atomic mass is 35.5. The normalized spacial score (nSPS) is 11.2. The first-order valence-corrected chi connectivity index (χ1v) is 6.90. The van der Waals surface area contributed by atoms with Gasteiger partial charge >= 0.3 is 5.97 Å². The molecule has 1 N–H and O–H groups in total. The Labute approximate surface area is 118 Å². The molecule has 0 amide bonds. The second kappa shape index (κ2) is 5.66. The molecule has 0 radical (unpaired) electrons. The number of carboxylic acid groups (broad SMARTS) is 1. The van der Waals surface area contributed by atoms with E-state index in [1.165, 1.54) is 0 Å². The van der Waals surface area contributed by atoms with Crippen LogP contribution in [0.2, 0.25) is 5.22 Å². The summed E-state index contributed by atoms with van der Waals surface area (Å²) in [5.74, 6) is 0.0816. The fourth-order valence-corrected chi connectivity index (χ4v) is 2.50. The third kappa shape index (κ3) is 3.10. The van der Waals surface area contributed by atoms with E-state index in [-0.39, 0.29) is 17.0 Å². The van der Waals surface area contributed by atoms with Crippen LogP contribution in [0.3, 0.4) is 0 Å². The van der Waals surface area contributed by atoms with Crippen LogP contribution in [0.1, 0.15) is 19.9 Å². The van der Waals surface area contributed by atoms with Crippen molar-refractivity contribution < 1.29 is 14.3 Å². The minimum absolute atomic E-state index is 0.0657. The third-order valence-electron chi connectivity index (χ3n) is 2.30.